The van der Waals surface area contributed by atoms with E-state index in [1.807, 2.05) is 0 Å². The van der Waals surface area contributed by atoms with E-state index in [1.54, 1.807) is 0 Å². The van der Waals surface area contributed by atoms with Gasteiger partial charge in [-0.15, -0.1) is 0 Å². The van der Waals surface area contributed by atoms with Gasteiger partial charge in [-0.1, -0.05) is 32.5 Å². The van der Waals surface area contributed by atoms with Crippen LogP contribution in [0.3, 0.4) is 0 Å². The second-order valence-electron chi connectivity index (χ2n) is 6.48. The van der Waals surface area contributed by atoms with Crippen LogP contribution in [-0.4, -0.2) is 53.6 Å². The van der Waals surface area contributed by atoms with Crippen LogP contribution in [0.4, 0.5) is 0 Å². The topological polar surface area (TPSA) is 32.5 Å². The normalized spacial score (nSPS) is 26.9. The highest BCUT2D eigenvalue weighted by Crippen LogP contribution is 2.24. The molecule has 0 saturated carbocycles. The molecule has 2 aliphatic heterocycles. The maximum Gasteiger partial charge on any atom is 0.0784 e. The molecule has 0 amide bonds. The number of piperazine rings is 1. The summed E-state index contributed by atoms with van der Waals surface area (Å²) in [6, 6.07) is 0.806. The van der Waals surface area contributed by atoms with Crippen LogP contribution in [0, 0.1) is 5.41 Å². The average molecular weight is 269 g/mol. The van der Waals surface area contributed by atoms with Gasteiger partial charge in [-0.2, -0.15) is 0 Å². The fraction of sp³-hybridized carbons (Fsp3) is 0.929. The maximum atomic E-state index is 5.80. The predicted molar refractivity (Wildman–Crippen MR) is 80.8 cm³/mol. The van der Waals surface area contributed by atoms with Crippen LogP contribution < -0.4 is 5.73 Å². The summed E-state index contributed by atoms with van der Waals surface area (Å²) in [6.45, 7) is 10.5. The van der Waals surface area contributed by atoms with Gasteiger partial charge >= 0.3 is 0 Å². The van der Waals surface area contributed by atoms with Crippen LogP contribution in [0.5, 0.6) is 0 Å². The van der Waals surface area contributed by atoms with E-state index in [0.717, 1.165) is 19.0 Å². The van der Waals surface area contributed by atoms with Crippen molar-refractivity contribution in [2.75, 3.05) is 32.7 Å². The summed E-state index contributed by atoms with van der Waals surface area (Å²) in [7, 11) is 0. The van der Waals surface area contributed by atoms with Crippen molar-refractivity contribution >= 4 is 17.2 Å². The molecule has 0 aromatic heterocycles. The zero-order valence-corrected chi connectivity index (χ0v) is 12.6. The number of nitrogens with two attached hydrogens (primary N) is 1. The smallest absolute Gasteiger partial charge is 0.0784 e. The molecule has 0 aromatic rings. The van der Waals surface area contributed by atoms with Gasteiger partial charge in [0.1, 0.15) is 0 Å². The lowest BCUT2D eigenvalue weighted by molar-refractivity contribution is 0.0462. The van der Waals surface area contributed by atoms with Crippen LogP contribution in [0.2, 0.25) is 0 Å². The lowest BCUT2D eigenvalue weighted by atomic mass is 9.89. The molecule has 0 aliphatic carbocycles. The van der Waals surface area contributed by atoms with Crippen molar-refractivity contribution in [3.05, 3.63) is 0 Å². The van der Waals surface area contributed by atoms with E-state index in [1.165, 1.54) is 45.4 Å². The summed E-state index contributed by atoms with van der Waals surface area (Å²) in [5, 5.41) is 0. The van der Waals surface area contributed by atoms with E-state index in [0.29, 0.717) is 4.99 Å². The fourth-order valence-corrected chi connectivity index (χ4v) is 3.09. The Kier molecular flexibility index (Phi) is 4.62. The second-order valence-corrected chi connectivity index (χ2v) is 6.92. The van der Waals surface area contributed by atoms with E-state index in [4.69, 9.17) is 18.0 Å². The van der Waals surface area contributed by atoms with Gasteiger partial charge in [0.25, 0.3) is 0 Å². The van der Waals surface area contributed by atoms with Gasteiger partial charge in [-0.3, -0.25) is 4.90 Å². The summed E-state index contributed by atoms with van der Waals surface area (Å²) in [4.78, 5) is 5.93. The zero-order valence-electron chi connectivity index (χ0n) is 11.8. The summed E-state index contributed by atoms with van der Waals surface area (Å²) < 4.78 is 0. The molecule has 0 bridgehead atoms. The summed E-state index contributed by atoms with van der Waals surface area (Å²) in [5.74, 6) is 0. The van der Waals surface area contributed by atoms with Gasteiger partial charge in [0.15, 0.2) is 0 Å². The Hall–Kier alpha value is -0.190. The molecule has 2 fully saturated rings. The lowest BCUT2D eigenvalue weighted by Crippen LogP contribution is -2.55. The third-order valence-corrected chi connectivity index (χ3v) is 5.19. The van der Waals surface area contributed by atoms with Crippen LogP contribution in [0.1, 0.15) is 39.5 Å². The number of piperidine rings is 1. The van der Waals surface area contributed by atoms with Crippen LogP contribution in [0.25, 0.3) is 0 Å². The monoisotopic (exact) mass is 269 g/mol. The van der Waals surface area contributed by atoms with Crippen molar-refractivity contribution in [3.63, 3.8) is 0 Å². The predicted octanol–water partition coefficient (Wildman–Crippen LogP) is 1.86. The Morgan fingerprint density at radius 2 is 2.06 bits per heavy atom. The molecule has 0 spiro atoms. The molecule has 4 heteroatoms. The Labute approximate surface area is 117 Å². The van der Waals surface area contributed by atoms with Crippen molar-refractivity contribution in [2.24, 2.45) is 11.1 Å². The molecule has 2 N–H and O–H groups in total. The third-order valence-electron chi connectivity index (χ3n) is 4.64. The minimum absolute atomic E-state index is 0.000960. The highest BCUT2D eigenvalue weighted by atomic mass is 32.1. The highest BCUT2D eigenvalue weighted by Gasteiger charge is 2.30. The lowest BCUT2D eigenvalue weighted by Gasteiger charge is -2.44. The highest BCUT2D eigenvalue weighted by molar-refractivity contribution is 7.80. The van der Waals surface area contributed by atoms with Gasteiger partial charge < -0.3 is 10.6 Å². The number of fused-ring (bicyclic) bond motifs is 1. The molecule has 1 unspecified atom stereocenters. The Morgan fingerprint density at radius 3 is 2.78 bits per heavy atom. The van der Waals surface area contributed by atoms with E-state index in [-0.39, 0.29) is 5.41 Å². The molecule has 0 radical (unpaired) electrons. The number of nitrogens with zero attached hydrogens (tertiary/aromatic N) is 2. The largest absolute Gasteiger partial charge is 0.393 e. The first-order chi connectivity index (χ1) is 8.49. The Bertz CT molecular complexity index is 303. The van der Waals surface area contributed by atoms with Gasteiger partial charge in [0.05, 0.1) is 4.99 Å². The number of rotatable bonds is 4. The molecule has 2 heterocycles. The van der Waals surface area contributed by atoms with Crippen LogP contribution in [-0.2, 0) is 0 Å². The number of thiocarbonyl (C=S) groups is 1. The van der Waals surface area contributed by atoms with Crippen molar-refractivity contribution in [2.45, 2.75) is 45.6 Å². The number of hydrogen-bond acceptors (Lipinski definition) is 3. The van der Waals surface area contributed by atoms with Gasteiger partial charge in [-0.05, 0) is 32.4 Å². The SMILES string of the molecule is CC(C)(CCN1CCN2CCCCC2C1)C(N)=S. The quantitative estimate of drug-likeness (QED) is 0.790. The molecule has 18 heavy (non-hydrogen) atoms. The van der Waals surface area contributed by atoms with Crippen LogP contribution in [0.15, 0.2) is 0 Å². The molecule has 2 saturated heterocycles. The van der Waals surface area contributed by atoms with E-state index in [9.17, 15) is 0 Å². The molecule has 2 aliphatic rings. The molecule has 0 aromatic carbocycles. The first-order valence-electron chi connectivity index (χ1n) is 7.25. The Morgan fingerprint density at radius 1 is 1.28 bits per heavy atom. The molecule has 2 rings (SSSR count). The Balaban J connectivity index is 1.79. The molecular weight excluding hydrogens is 242 g/mol. The minimum atomic E-state index is -0.000960. The zero-order chi connectivity index (χ0) is 13.2. The van der Waals surface area contributed by atoms with Crippen molar-refractivity contribution < 1.29 is 0 Å². The summed E-state index contributed by atoms with van der Waals surface area (Å²) >= 11 is 5.14. The standard InChI is InChI=1S/C14H27N3S/c1-14(2,13(15)18)6-8-16-9-10-17-7-4-3-5-12(17)11-16/h12H,3-11H2,1-2H3,(H2,15,18). The van der Waals surface area contributed by atoms with E-state index in [2.05, 4.69) is 23.6 Å². The fourth-order valence-electron chi connectivity index (χ4n) is 2.98. The first-order valence-corrected chi connectivity index (χ1v) is 7.66. The molecule has 3 nitrogen and oxygen atoms in total. The van der Waals surface area contributed by atoms with E-state index >= 15 is 0 Å². The van der Waals surface area contributed by atoms with Crippen molar-refractivity contribution in [1.82, 2.24) is 9.80 Å². The minimum Gasteiger partial charge on any atom is -0.393 e. The molecule has 1 atom stereocenters. The number of hydrogen-bond donors (Lipinski definition) is 1. The van der Waals surface area contributed by atoms with Crippen LogP contribution >= 0.6 is 12.2 Å². The van der Waals surface area contributed by atoms with Crippen molar-refractivity contribution in [1.29, 1.82) is 0 Å². The summed E-state index contributed by atoms with van der Waals surface area (Å²) in [6.07, 6.45) is 5.27. The first kappa shape index (κ1) is 14.2. The van der Waals surface area contributed by atoms with Crippen molar-refractivity contribution in [3.8, 4) is 0 Å². The molecule has 104 valence electrons. The van der Waals surface area contributed by atoms with Gasteiger partial charge in [0, 0.05) is 31.1 Å². The second kappa shape index (κ2) is 5.85. The average Bonchev–Trinajstić information content (AvgIpc) is 2.36. The van der Waals surface area contributed by atoms with E-state index < -0.39 is 0 Å². The maximum absolute atomic E-state index is 5.80. The van der Waals surface area contributed by atoms with Gasteiger partial charge in [0.2, 0.25) is 0 Å². The van der Waals surface area contributed by atoms with Gasteiger partial charge in [-0.25, -0.2) is 0 Å². The summed E-state index contributed by atoms with van der Waals surface area (Å²) in [5.41, 5.74) is 5.80. The third kappa shape index (κ3) is 3.43. The molecular formula is C14H27N3S.